The summed E-state index contributed by atoms with van der Waals surface area (Å²) in [5.74, 6) is 0. The first-order valence-electron chi connectivity index (χ1n) is 5.67. The third-order valence-corrected chi connectivity index (χ3v) is 2.86. The molecule has 0 atom stereocenters. The van der Waals surface area contributed by atoms with Gasteiger partial charge in [0.05, 0.1) is 6.54 Å². The van der Waals surface area contributed by atoms with E-state index in [4.69, 9.17) is 4.74 Å². The minimum absolute atomic E-state index is 0.601. The van der Waals surface area contributed by atoms with Gasteiger partial charge in [-0.15, -0.1) is 0 Å². The van der Waals surface area contributed by atoms with E-state index in [9.17, 15) is 0 Å². The molecule has 3 heteroatoms. The van der Waals surface area contributed by atoms with Gasteiger partial charge in [0.2, 0.25) is 0 Å². The van der Waals surface area contributed by atoms with Crippen LogP contribution in [0.1, 0.15) is 19.8 Å². The second-order valence-electron chi connectivity index (χ2n) is 4.49. The molecule has 0 aliphatic carbocycles. The second-order valence-corrected chi connectivity index (χ2v) is 4.49. The van der Waals surface area contributed by atoms with Gasteiger partial charge in [0.1, 0.15) is 0 Å². The van der Waals surface area contributed by atoms with Crippen molar-refractivity contribution in [1.82, 2.24) is 10.2 Å². The molecular weight excluding hydrogens is 188 g/mol. The standard InChI is InChI=1S/C12H20N2O/c1-10-7-12(9-14(2)8-10)13-11-3-5-15-6-4-11/h7-8,11,13H,3-6,9H2,1-2H3. The first kappa shape index (κ1) is 10.6. The molecule has 2 aliphatic rings. The van der Waals surface area contributed by atoms with Crippen molar-refractivity contribution >= 4 is 0 Å². The van der Waals surface area contributed by atoms with Crippen molar-refractivity contribution in [3.05, 3.63) is 23.5 Å². The van der Waals surface area contributed by atoms with Gasteiger partial charge >= 0.3 is 0 Å². The average Bonchev–Trinajstić information content (AvgIpc) is 2.17. The summed E-state index contributed by atoms with van der Waals surface area (Å²) in [5, 5.41) is 3.62. The van der Waals surface area contributed by atoms with Crippen molar-refractivity contribution in [1.29, 1.82) is 0 Å². The molecule has 2 heterocycles. The maximum Gasteiger partial charge on any atom is 0.0568 e. The lowest BCUT2D eigenvalue weighted by molar-refractivity contribution is 0.0799. The summed E-state index contributed by atoms with van der Waals surface area (Å²) < 4.78 is 5.35. The Balaban J connectivity index is 1.91. The molecule has 1 N–H and O–H groups in total. The van der Waals surface area contributed by atoms with E-state index in [0.29, 0.717) is 6.04 Å². The van der Waals surface area contributed by atoms with Gasteiger partial charge in [0.25, 0.3) is 0 Å². The highest BCUT2D eigenvalue weighted by molar-refractivity contribution is 5.25. The predicted molar refractivity (Wildman–Crippen MR) is 61.4 cm³/mol. The predicted octanol–water partition coefficient (Wildman–Crippen LogP) is 1.49. The van der Waals surface area contributed by atoms with Gasteiger partial charge < -0.3 is 15.0 Å². The molecule has 1 saturated heterocycles. The Kier molecular flexibility index (Phi) is 3.31. The van der Waals surface area contributed by atoms with Crippen molar-refractivity contribution < 1.29 is 4.74 Å². The van der Waals surface area contributed by atoms with E-state index in [1.54, 1.807) is 0 Å². The van der Waals surface area contributed by atoms with E-state index in [1.165, 1.54) is 11.3 Å². The monoisotopic (exact) mass is 208 g/mol. The van der Waals surface area contributed by atoms with Crippen LogP contribution in [0.3, 0.4) is 0 Å². The molecule has 0 spiro atoms. The van der Waals surface area contributed by atoms with Crippen LogP contribution in [0.25, 0.3) is 0 Å². The fourth-order valence-electron chi connectivity index (χ4n) is 2.21. The third kappa shape index (κ3) is 2.99. The van der Waals surface area contributed by atoms with Crippen molar-refractivity contribution in [3.8, 4) is 0 Å². The third-order valence-electron chi connectivity index (χ3n) is 2.86. The van der Waals surface area contributed by atoms with Gasteiger partial charge in [-0.1, -0.05) is 0 Å². The van der Waals surface area contributed by atoms with E-state index in [0.717, 1.165) is 32.6 Å². The molecule has 84 valence electrons. The summed E-state index contributed by atoms with van der Waals surface area (Å²) in [6, 6.07) is 0.601. The molecule has 15 heavy (non-hydrogen) atoms. The summed E-state index contributed by atoms with van der Waals surface area (Å²) in [4.78, 5) is 2.22. The molecule has 0 amide bonds. The molecule has 0 aromatic heterocycles. The lowest BCUT2D eigenvalue weighted by atomic mass is 10.1. The van der Waals surface area contributed by atoms with Gasteiger partial charge in [-0.05, 0) is 31.4 Å². The number of rotatable bonds is 2. The molecular formula is C12H20N2O. The van der Waals surface area contributed by atoms with Crippen molar-refractivity contribution in [2.24, 2.45) is 0 Å². The van der Waals surface area contributed by atoms with Gasteiger partial charge in [-0.3, -0.25) is 0 Å². The van der Waals surface area contributed by atoms with Gasteiger partial charge in [-0.2, -0.15) is 0 Å². The topological polar surface area (TPSA) is 24.5 Å². The van der Waals surface area contributed by atoms with Crippen molar-refractivity contribution in [3.63, 3.8) is 0 Å². The van der Waals surface area contributed by atoms with Crippen LogP contribution in [-0.2, 0) is 4.74 Å². The second kappa shape index (κ2) is 4.71. The molecule has 3 nitrogen and oxygen atoms in total. The Morgan fingerprint density at radius 2 is 2.13 bits per heavy atom. The minimum Gasteiger partial charge on any atom is -0.384 e. The summed E-state index contributed by atoms with van der Waals surface area (Å²) in [5.41, 5.74) is 2.66. The van der Waals surface area contributed by atoms with E-state index in [-0.39, 0.29) is 0 Å². The Morgan fingerprint density at radius 3 is 2.80 bits per heavy atom. The highest BCUT2D eigenvalue weighted by atomic mass is 16.5. The van der Waals surface area contributed by atoms with Crippen LogP contribution in [0.15, 0.2) is 23.5 Å². The maximum absolute atomic E-state index is 5.35. The fourth-order valence-corrected chi connectivity index (χ4v) is 2.21. The molecule has 0 radical (unpaired) electrons. The van der Waals surface area contributed by atoms with E-state index < -0.39 is 0 Å². The molecule has 0 saturated carbocycles. The zero-order valence-corrected chi connectivity index (χ0v) is 9.62. The van der Waals surface area contributed by atoms with Crippen LogP contribution >= 0.6 is 0 Å². The number of nitrogens with one attached hydrogen (secondary N) is 1. The minimum atomic E-state index is 0.601. The average molecular weight is 208 g/mol. The number of hydrogen-bond acceptors (Lipinski definition) is 3. The van der Waals surface area contributed by atoms with Gasteiger partial charge in [0.15, 0.2) is 0 Å². The van der Waals surface area contributed by atoms with Crippen LogP contribution in [-0.4, -0.2) is 37.7 Å². The van der Waals surface area contributed by atoms with E-state index >= 15 is 0 Å². The Hall–Kier alpha value is -0.960. The Labute approximate surface area is 91.8 Å². The van der Waals surface area contributed by atoms with Crippen molar-refractivity contribution in [2.45, 2.75) is 25.8 Å². The summed E-state index contributed by atoms with van der Waals surface area (Å²) in [6.07, 6.45) is 6.68. The summed E-state index contributed by atoms with van der Waals surface area (Å²) in [6.45, 7) is 4.93. The number of hydrogen-bond donors (Lipinski definition) is 1. The SMILES string of the molecule is CC1=CN(C)CC(NC2CCOCC2)=C1. The van der Waals surface area contributed by atoms with Gasteiger partial charge in [0, 0.05) is 38.2 Å². The lowest BCUT2D eigenvalue weighted by Crippen LogP contribution is -2.37. The van der Waals surface area contributed by atoms with E-state index in [1.807, 2.05) is 0 Å². The Morgan fingerprint density at radius 1 is 1.40 bits per heavy atom. The maximum atomic E-state index is 5.35. The number of nitrogens with zero attached hydrogens (tertiary/aromatic N) is 1. The largest absolute Gasteiger partial charge is 0.384 e. The Bertz CT molecular complexity index is 277. The summed E-state index contributed by atoms with van der Waals surface area (Å²) >= 11 is 0. The zero-order chi connectivity index (χ0) is 10.7. The molecule has 0 unspecified atom stereocenters. The molecule has 0 bridgehead atoms. The smallest absolute Gasteiger partial charge is 0.0568 e. The van der Waals surface area contributed by atoms with Crippen LogP contribution in [0.2, 0.25) is 0 Å². The quantitative estimate of drug-likeness (QED) is 0.744. The first-order valence-corrected chi connectivity index (χ1v) is 5.67. The van der Waals surface area contributed by atoms with E-state index in [2.05, 4.69) is 36.5 Å². The number of allylic oxidation sites excluding steroid dienone is 2. The van der Waals surface area contributed by atoms with Crippen LogP contribution < -0.4 is 5.32 Å². The normalized spacial score (nSPS) is 23.5. The first-order chi connectivity index (χ1) is 7.24. The highest BCUT2D eigenvalue weighted by Crippen LogP contribution is 2.13. The van der Waals surface area contributed by atoms with Crippen molar-refractivity contribution in [2.75, 3.05) is 26.8 Å². The molecule has 0 aromatic carbocycles. The van der Waals surface area contributed by atoms with Crippen LogP contribution in [0, 0.1) is 0 Å². The zero-order valence-electron chi connectivity index (χ0n) is 9.62. The molecule has 1 fully saturated rings. The summed E-state index contributed by atoms with van der Waals surface area (Å²) in [7, 11) is 2.11. The van der Waals surface area contributed by atoms with Crippen LogP contribution in [0.4, 0.5) is 0 Å². The number of ether oxygens (including phenoxy) is 1. The number of likely N-dealkylation sites (N-methyl/N-ethyl adjacent to an activating group) is 1. The molecule has 2 aliphatic heterocycles. The molecule has 0 aromatic rings. The fraction of sp³-hybridized carbons (Fsp3) is 0.667. The lowest BCUT2D eigenvalue weighted by Gasteiger charge is -2.29. The van der Waals surface area contributed by atoms with Gasteiger partial charge in [-0.25, -0.2) is 0 Å². The highest BCUT2D eigenvalue weighted by Gasteiger charge is 2.15. The molecule has 2 rings (SSSR count). The van der Waals surface area contributed by atoms with Crippen LogP contribution in [0.5, 0.6) is 0 Å².